The third-order valence-corrected chi connectivity index (χ3v) is 8.12. The summed E-state index contributed by atoms with van der Waals surface area (Å²) in [5, 5.41) is 0. The van der Waals surface area contributed by atoms with Gasteiger partial charge in [-0.15, -0.1) is 0 Å². The van der Waals surface area contributed by atoms with Crippen molar-refractivity contribution in [1.82, 2.24) is 18.9 Å². The van der Waals surface area contributed by atoms with Gasteiger partial charge in [-0.3, -0.25) is 23.9 Å². The molecule has 1 atom stereocenters. The highest BCUT2D eigenvalue weighted by molar-refractivity contribution is 6.10. The van der Waals surface area contributed by atoms with E-state index in [0.717, 1.165) is 39.3 Å². The van der Waals surface area contributed by atoms with E-state index in [2.05, 4.69) is 0 Å². The second-order valence-corrected chi connectivity index (χ2v) is 11.2. The van der Waals surface area contributed by atoms with Crippen LogP contribution >= 0.6 is 0 Å². The maximum Gasteiger partial charge on any atom is 0.332 e. The van der Waals surface area contributed by atoms with E-state index in [0.29, 0.717) is 29.9 Å². The zero-order chi connectivity index (χ0) is 29.2. The number of aromatic nitrogens is 2. The number of carbonyl (C=O) groups is 3. The number of rotatable bonds is 0. The Morgan fingerprint density at radius 2 is 1.20 bits per heavy atom. The number of fused-ring (bicyclic) bond motifs is 6. The van der Waals surface area contributed by atoms with Crippen molar-refractivity contribution in [2.75, 3.05) is 25.5 Å². The molecule has 9 heteroatoms. The molecule has 40 heavy (non-hydrogen) atoms. The van der Waals surface area contributed by atoms with Crippen LogP contribution in [0.2, 0.25) is 0 Å². The maximum atomic E-state index is 12.5. The van der Waals surface area contributed by atoms with E-state index >= 15 is 0 Å². The lowest BCUT2D eigenvalue weighted by Crippen LogP contribution is -2.30. The maximum absolute atomic E-state index is 12.5. The van der Waals surface area contributed by atoms with E-state index in [1.807, 2.05) is 65.0 Å². The summed E-state index contributed by atoms with van der Waals surface area (Å²) in [5.41, 5.74) is 8.50. The van der Waals surface area contributed by atoms with Crippen LogP contribution in [-0.4, -0.2) is 57.3 Å². The standard InChI is InChI=1S/C16H18N2O2.C15H17N3O2/c1-9-6-13-14(7-10(9)2)18-12(5-11(3)15(18)19)8-17(4)16(13)20;1-9-5-12-13(6-10(9)2)18-11(7-16(3)14(12)19)8-17(4)15(18)20/h5-7,11H,8H2,1-4H3;5-6,8H,7H2,1-4H3. The lowest BCUT2D eigenvalue weighted by molar-refractivity contribution is -0.119. The molecule has 3 aliphatic heterocycles. The summed E-state index contributed by atoms with van der Waals surface area (Å²) in [7, 11) is 5.26. The number of hydrogen-bond acceptors (Lipinski definition) is 4. The van der Waals surface area contributed by atoms with Crippen LogP contribution in [0.25, 0.3) is 5.69 Å². The summed E-state index contributed by atoms with van der Waals surface area (Å²) in [6.07, 6.45) is 3.74. The Hall–Kier alpha value is -4.40. The van der Waals surface area contributed by atoms with Gasteiger partial charge in [0, 0.05) is 33.0 Å². The summed E-state index contributed by atoms with van der Waals surface area (Å²) in [6, 6.07) is 7.64. The molecule has 0 aliphatic carbocycles. The third kappa shape index (κ3) is 4.26. The molecule has 9 nitrogen and oxygen atoms in total. The predicted octanol–water partition coefficient (Wildman–Crippen LogP) is 3.63. The lowest BCUT2D eigenvalue weighted by atomic mass is 10.0. The molecule has 0 radical (unpaired) electrons. The molecule has 0 saturated heterocycles. The summed E-state index contributed by atoms with van der Waals surface area (Å²) in [6.45, 7) is 10.8. The largest absolute Gasteiger partial charge is 0.336 e. The van der Waals surface area contributed by atoms with Crippen LogP contribution in [0.4, 0.5) is 5.69 Å². The topological polar surface area (TPSA) is 87.9 Å². The number of carbonyl (C=O) groups excluding carboxylic acids is 3. The number of likely N-dealkylation sites (N-methyl/N-ethyl adjacent to an activating group) is 1. The Kier molecular flexibility index (Phi) is 6.56. The van der Waals surface area contributed by atoms with Gasteiger partial charge in [0.15, 0.2) is 0 Å². The first kappa shape index (κ1) is 27.2. The van der Waals surface area contributed by atoms with Crippen molar-refractivity contribution in [2.45, 2.75) is 41.2 Å². The average molecular weight is 542 g/mol. The van der Waals surface area contributed by atoms with Crippen molar-refractivity contribution >= 4 is 23.4 Å². The molecule has 2 aromatic carbocycles. The van der Waals surface area contributed by atoms with Gasteiger partial charge in [0.2, 0.25) is 5.91 Å². The summed E-state index contributed by atoms with van der Waals surface area (Å²) >= 11 is 0. The number of nitrogens with zero attached hydrogens (tertiary/aromatic N) is 5. The Balaban J connectivity index is 0.000000161. The number of aryl methyl sites for hydroxylation is 5. The van der Waals surface area contributed by atoms with Crippen molar-refractivity contribution in [3.63, 3.8) is 0 Å². The predicted molar refractivity (Wildman–Crippen MR) is 154 cm³/mol. The van der Waals surface area contributed by atoms with Gasteiger partial charge in [-0.25, -0.2) is 4.79 Å². The monoisotopic (exact) mass is 541 g/mol. The normalized spacial score (nSPS) is 17.8. The molecule has 1 unspecified atom stereocenters. The number of amides is 3. The van der Waals surface area contributed by atoms with E-state index in [4.69, 9.17) is 0 Å². The molecule has 6 rings (SSSR count). The fraction of sp³-hybridized carbons (Fsp3) is 0.355. The molecule has 0 fully saturated rings. The van der Waals surface area contributed by atoms with Crippen molar-refractivity contribution in [3.05, 3.63) is 91.8 Å². The molecule has 3 aromatic rings. The van der Waals surface area contributed by atoms with Gasteiger partial charge in [0.1, 0.15) is 0 Å². The highest BCUT2D eigenvalue weighted by Gasteiger charge is 2.37. The van der Waals surface area contributed by atoms with Crippen LogP contribution in [-0.2, 0) is 18.4 Å². The Morgan fingerprint density at radius 3 is 1.80 bits per heavy atom. The molecular formula is C31H35N5O4. The zero-order valence-corrected chi connectivity index (χ0v) is 24.3. The van der Waals surface area contributed by atoms with E-state index in [1.165, 1.54) is 0 Å². The number of imidazole rings is 1. The van der Waals surface area contributed by atoms with Gasteiger partial charge < -0.3 is 14.4 Å². The molecule has 3 aliphatic rings. The van der Waals surface area contributed by atoms with Crippen LogP contribution in [0.5, 0.6) is 0 Å². The van der Waals surface area contributed by atoms with Crippen molar-refractivity contribution in [2.24, 2.45) is 13.0 Å². The molecule has 3 amide bonds. The minimum atomic E-state index is -0.124. The van der Waals surface area contributed by atoms with E-state index < -0.39 is 0 Å². The molecule has 0 N–H and O–H groups in total. The Bertz CT molecular complexity index is 1690. The number of hydrogen-bond donors (Lipinski definition) is 0. The molecule has 4 heterocycles. The van der Waals surface area contributed by atoms with E-state index in [1.54, 1.807) is 51.2 Å². The first-order valence-corrected chi connectivity index (χ1v) is 13.4. The first-order valence-electron chi connectivity index (χ1n) is 13.4. The van der Waals surface area contributed by atoms with Crippen LogP contribution in [0.3, 0.4) is 0 Å². The van der Waals surface area contributed by atoms with Crippen LogP contribution in [0.15, 0.2) is 47.0 Å². The SMILES string of the molecule is Cc1cc2c(cc1C)-n1c(cn(C)c1=O)CN(C)C2=O.Cc1cc2c(cc1C)N1C(=O)C(C)C=C1CN(C)C2=O. The third-order valence-electron chi connectivity index (χ3n) is 8.12. The van der Waals surface area contributed by atoms with Gasteiger partial charge in [0.05, 0.1) is 47.2 Å². The molecule has 0 spiro atoms. The average Bonchev–Trinajstić information content (AvgIpc) is 3.26. The van der Waals surface area contributed by atoms with Gasteiger partial charge in [-0.05, 0) is 81.1 Å². The van der Waals surface area contributed by atoms with Crippen molar-refractivity contribution in [1.29, 1.82) is 0 Å². The minimum absolute atomic E-state index is 0.0288. The van der Waals surface area contributed by atoms with Crippen molar-refractivity contribution < 1.29 is 14.4 Å². The van der Waals surface area contributed by atoms with Gasteiger partial charge in [-0.1, -0.05) is 6.08 Å². The second-order valence-electron chi connectivity index (χ2n) is 11.2. The Morgan fingerprint density at radius 1 is 0.700 bits per heavy atom. The molecule has 208 valence electrons. The fourth-order valence-electron chi connectivity index (χ4n) is 5.52. The van der Waals surface area contributed by atoms with Gasteiger partial charge >= 0.3 is 5.69 Å². The van der Waals surface area contributed by atoms with Crippen LogP contribution in [0.1, 0.15) is 55.6 Å². The zero-order valence-electron chi connectivity index (χ0n) is 24.3. The van der Waals surface area contributed by atoms with Gasteiger partial charge in [0.25, 0.3) is 11.8 Å². The summed E-state index contributed by atoms with van der Waals surface area (Å²) in [4.78, 5) is 54.7. The molecule has 1 aromatic heterocycles. The molecule has 0 saturated carbocycles. The van der Waals surface area contributed by atoms with Gasteiger partial charge in [-0.2, -0.15) is 0 Å². The number of anilines is 1. The summed E-state index contributed by atoms with van der Waals surface area (Å²) in [5.74, 6) is -0.152. The fourth-order valence-corrected chi connectivity index (χ4v) is 5.52. The first-order chi connectivity index (χ1) is 18.8. The highest BCUT2D eigenvalue weighted by atomic mass is 16.2. The number of benzene rings is 2. The lowest BCUT2D eigenvalue weighted by Gasteiger charge is -2.21. The smallest absolute Gasteiger partial charge is 0.332 e. The minimum Gasteiger partial charge on any atom is -0.336 e. The van der Waals surface area contributed by atoms with Crippen LogP contribution < -0.4 is 10.6 Å². The highest BCUT2D eigenvalue weighted by Crippen LogP contribution is 2.36. The molecular weight excluding hydrogens is 506 g/mol. The second kappa shape index (κ2) is 9.66. The van der Waals surface area contributed by atoms with E-state index in [9.17, 15) is 19.2 Å². The Labute approximate surface area is 233 Å². The molecule has 0 bridgehead atoms. The van der Waals surface area contributed by atoms with Crippen molar-refractivity contribution in [3.8, 4) is 5.69 Å². The quantitative estimate of drug-likeness (QED) is 0.435. The van der Waals surface area contributed by atoms with E-state index in [-0.39, 0.29) is 29.3 Å². The summed E-state index contributed by atoms with van der Waals surface area (Å²) < 4.78 is 3.20. The van der Waals surface area contributed by atoms with Crippen LogP contribution in [0, 0.1) is 33.6 Å².